The van der Waals surface area contributed by atoms with Crippen molar-refractivity contribution in [3.63, 3.8) is 0 Å². The molecule has 0 saturated heterocycles. The van der Waals surface area contributed by atoms with Gasteiger partial charge in [-0.1, -0.05) is 6.07 Å². The van der Waals surface area contributed by atoms with Gasteiger partial charge in [0, 0.05) is 29.2 Å². The number of nitrogens with two attached hydrogens (primary N) is 2. The van der Waals surface area contributed by atoms with Gasteiger partial charge in [-0.2, -0.15) is 0 Å². The summed E-state index contributed by atoms with van der Waals surface area (Å²) in [4.78, 5) is 11.3. The summed E-state index contributed by atoms with van der Waals surface area (Å²) in [6, 6.07) is 9.59. The normalized spacial score (nSPS) is 18.1. The fourth-order valence-electron chi connectivity index (χ4n) is 2.78. The predicted octanol–water partition coefficient (Wildman–Crippen LogP) is 1.91. The van der Waals surface area contributed by atoms with E-state index in [-0.39, 0.29) is 6.04 Å². The Hall–Kier alpha value is -2.07. The first-order valence-electron chi connectivity index (χ1n) is 6.53. The molecular weight excluding hydrogens is 238 g/mol. The van der Waals surface area contributed by atoms with Crippen LogP contribution in [0.1, 0.15) is 40.5 Å². The molecule has 1 heterocycles. The first-order chi connectivity index (χ1) is 9.16. The molecule has 1 aliphatic rings. The van der Waals surface area contributed by atoms with Crippen molar-refractivity contribution in [2.45, 2.75) is 25.3 Å². The maximum absolute atomic E-state index is 11.3. The zero-order chi connectivity index (χ0) is 13.4. The van der Waals surface area contributed by atoms with Crippen LogP contribution in [0, 0.1) is 0 Å². The Morgan fingerprint density at radius 1 is 1.32 bits per heavy atom. The highest BCUT2D eigenvalue weighted by atomic mass is 16.1. The van der Waals surface area contributed by atoms with Crippen LogP contribution in [0.15, 0.2) is 36.5 Å². The summed E-state index contributed by atoms with van der Waals surface area (Å²) in [5, 5.41) is 0. The van der Waals surface area contributed by atoms with E-state index in [4.69, 9.17) is 11.5 Å². The Bertz CT molecular complexity index is 630. The number of aromatic nitrogens is 1. The van der Waals surface area contributed by atoms with Crippen molar-refractivity contribution >= 4 is 5.91 Å². The van der Waals surface area contributed by atoms with Gasteiger partial charge < -0.3 is 16.0 Å². The van der Waals surface area contributed by atoms with Crippen molar-refractivity contribution in [1.82, 2.24) is 4.57 Å². The van der Waals surface area contributed by atoms with Crippen molar-refractivity contribution in [3.8, 4) is 5.69 Å². The summed E-state index contributed by atoms with van der Waals surface area (Å²) < 4.78 is 2.11. The number of fused-ring (bicyclic) bond motifs is 1. The van der Waals surface area contributed by atoms with Crippen molar-refractivity contribution < 1.29 is 4.79 Å². The number of benzene rings is 1. The third kappa shape index (κ3) is 2.04. The molecule has 0 bridgehead atoms. The maximum atomic E-state index is 11.3. The molecule has 0 radical (unpaired) electrons. The Kier molecular flexibility index (Phi) is 2.87. The van der Waals surface area contributed by atoms with Crippen molar-refractivity contribution in [2.75, 3.05) is 0 Å². The highest BCUT2D eigenvalue weighted by Crippen LogP contribution is 2.30. The number of rotatable bonds is 2. The summed E-state index contributed by atoms with van der Waals surface area (Å²) in [6.45, 7) is 0. The van der Waals surface area contributed by atoms with Crippen molar-refractivity contribution in [3.05, 3.63) is 53.3 Å². The van der Waals surface area contributed by atoms with Gasteiger partial charge in [0.15, 0.2) is 0 Å². The smallest absolute Gasteiger partial charge is 0.248 e. The van der Waals surface area contributed by atoms with Gasteiger partial charge in [0.2, 0.25) is 5.91 Å². The molecule has 1 amide bonds. The molecule has 1 aromatic carbocycles. The lowest BCUT2D eigenvalue weighted by Crippen LogP contribution is -2.18. The number of hydrogen-bond donors (Lipinski definition) is 2. The number of hydrogen-bond acceptors (Lipinski definition) is 2. The first-order valence-corrected chi connectivity index (χ1v) is 6.53. The molecule has 0 spiro atoms. The van der Waals surface area contributed by atoms with E-state index >= 15 is 0 Å². The van der Waals surface area contributed by atoms with Gasteiger partial charge in [-0.15, -0.1) is 0 Å². The fraction of sp³-hybridized carbons (Fsp3) is 0.267. The SMILES string of the molecule is NC(=O)c1cccc(-n2ccc3c2CCCC3N)c1. The summed E-state index contributed by atoms with van der Waals surface area (Å²) in [6.07, 6.45) is 5.19. The van der Waals surface area contributed by atoms with E-state index in [0.29, 0.717) is 5.56 Å². The van der Waals surface area contributed by atoms with E-state index in [1.54, 1.807) is 6.07 Å². The Balaban J connectivity index is 2.08. The third-order valence-corrected chi connectivity index (χ3v) is 3.76. The minimum Gasteiger partial charge on any atom is -0.366 e. The molecule has 4 heteroatoms. The van der Waals surface area contributed by atoms with Crippen LogP contribution in [0.4, 0.5) is 0 Å². The average molecular weight is 255 g/mol. The molecule has 19 heavy (non-hydrogen) atoms. The van der Waals surface area contributed by atoms with Crippen molar-refractivity contribution in [2.24, 2.45) is 11.5 Å². The Morgan fingerprint density at radius 2 is 2.16 bits per heavy atom. The number of carbonyl (C=O) groups excluding carboxylic acids is 1. The third-order valence-electron chi connectivity index (χ3n) is 3.76. The van der Waals surface area contributed by atoms with Crippen LogP contribution >= 0.6 is 0 Å². The molecule has 4 nitrogen and oxygen atoms in total. The molecule has 0 fully saturated rings. The van der Waals surface area contributed by atoms with Crippen LogP contribution in [0.2, 0.25) is 0 Å². The predicted molar refractivity (Wildman–Crippen MR) is 74.2 cm³/mol. The van der Waals surface area contributed by atoms with Crippen LogP contribution in [0.3, 0.4) is 0 Å². The van der Waals surface area contributed by atoms with Crippen LogP contribution in [-0.2, 0) is 6.42 Å². The number of primary amides is 1. The molecule has 1 aliphatic carbocycles. The minimum atomic E-state index is -0.403. The monoisotopic (exact) mass is 255 g/mol. The van der Waals surface area contributed by atoms with Gasteiger partial charge in [-0.3, -0.25) is 4.79 Å². The van der Waals surface area contributed by atoms with E-state index in [9.17, 15) is 4.79 Å². The summed E-state index contributed by atoms with van der Waals surface area (Å²) in [5.74, 6) is -0.403. The molecule has 1 unspecified atom stereocenters. The summed E-state index contributed by atoms with van der Waals surface area (Å²) in [7, 11) is 0. The lowest BCUT2D eigenvalue weighted by Gasteiger charge is -2.21. The molecule has 4 N–H and O–H groups in total. The lowest BCUT2D eigenvalue weighted by molar-refractivity contribution is 0.100. The van der Waals surface area contributed by atoms with Gasteiger partial charge in [0.25, 0.3) is 0 Å². The van der Waals surface area contributed by atoms with E-state index in [1.165, 1.54) is 11.3 Å². The largest absolute Gasteiger partial charge is 0.366 e. The minimum absolute atomic E-state index is 0.129. The standard InChI is InChI=1S/C15H17N3O/c16-13-5-2-6-14-12(13)7-8-18(14)11-4-1-3-10(9-11)15(17)19/h1,3-4,7-9,13H,2,5-6,16H2,(H2,17,19). The van der Waals surface area contributed by atoms with Gasteiger partial charge in [-0.25, -0.2) is 0 Å². The quantitative estimate of drug-likeness (QED) is 0.860. The molecule has 1 atom stereocenters. The van der Waals surface area contributed by atoms with Gasteiger partial charge in [-0.05, 0) is 49.1 Å². The van der Waals surface area contributed by atoms with Gasteiger partial charge in [0.05, 0.1) is 0 Å². The zero-order valence-electron chi connectivity index (χ0n) is 10.7. The van der Waals surface area contributed by atoms with Crippen LogP contribution < -0.4 is 11.5 Å². The van der Waals surface area contributed by atoms with E-state index in [0.717, 1.165) is 24.9 Å². The van der Waals surface area contributed by atoms with Crippen LogP contribution in [0.25, 0.3) is 5.69 Å². The number of carbonyl (C=O) groups is 1. The van der Waals surface area contributed by atoms with E-state index < -0.39 is 5.91 Å². The van der Waals surface area contributed by atoms with E-state index in [2.05, 4.69) is 10.6 Å². The average Bonchev–Trinajstić information content (AvgIpc) is 2.84. The molecule has 2 aromatic rings. The first kappa shape index (κ1) is 12.0. The second kappa shape index (κ2) is 4.55. The lowest BCUT2D eigenvalue weighted by atomic mass is 9.93. The molecule has 98 valence electrons. The molecular formula is C15H17N3O. The highest BCUT2D eigenvalue weighted by molar-refractivity contribution is 5.93. The highest BCUT2D eigenvalue weighted by Gasteiger charge is 2.20. The second-order valence-electron chi connectivity index (χ2n) is 5.00. The molecule has 0 aliphatic heterocycles. The fourth-order valence-corrected chi connectivity index (χ4v) is 2.78. The maximum Gasteiger partial charge on any atom is 0.248 e. The topological polar surface area (TPSA) is 74.0 Å². The Labute approximate surface area is 112 Å². The van der Waals surface area contributed by atoms with Gasteiger partial charge in [0.1, 0.15) is 0 Å². The summed E-state index contributed by atoms with van der Waals surface area (Å²) in [5.41, 5.74) is 15.4. The second-order valence-corrected chi connectivity index (χ2v) is 5.00. The molecule has 1 aromatic heterocycles. The van der Waals surface area contributed by atoms with Crippen LogP contribution in [0.5, 0.6) is 0 Å². The molecule has 3 rings (SSSR count). The van der Waals surface area contributed by atoms with Crippen molar-refractivity contribution in [1.29, 1.82) is 0 Å². The summed E-state index contributed by atoms with van der Waals surface area (Å²) >= 11 is 0. The zero-order valence-corrected chi connectivity index (χ0v) is 10.7. The number of nitrogens with zero attached hydrogens (tertiary/aromatic N) is 1. The van der Waals surface area contributed by atoms with Crippen LogP contribution in [-0.4, -0.2) is 10.5 Å². The van der Waals surface area contributed by atoms with E-state index in [1.807, 2.05) is 24.4 Å². The Morgan fingerprint density at radius 3 is 2.95 bits per heavy atom. The number of amides is 1. The van der Waals surface area contributed by atoms with Gasteiger partial charge >= 0.3 is 0 Å². The molecule has 0 saturated carbocycles.